The van der Waals surface area contributed by atoms with Crippen molar-refractivity contribution in [1.82, 2.24) is 0 Å². The SMILES string of the molecule is CC1CC(OC(=O)[C@@H](O)CN)CC(C)O1. The Morgan fingerprint density at radius 1 is 1.53 bits per heavy atom. The van der Waals surface area contributed by atoms with Crippen molar-refractivity contribution < 1.29 is 19.4 Å². The maximum Gasteiger partial charge on any atom is 0.336 e. The summed E-state index contributed by atoms with van der Waals surface area (Å²) in [6, 6.07) is 0. The van der Waals surface area contributed by atoms with Gasteiger partial charge in [-0.3, -0.25) is 0 Å². The molecule has 0 aromatic heterocycles. The summed E-state index contributed by atoms with van der Waals surface area (Å²) >= 11 is 0. The summed E-state index contributed by atoms with van der Waals surface area (Å²) in [5.41, 5.74) is 5.16. The van der Waals surface area contributed by atoms with Gasteiger partial charge in [0.25, 0.3) is 0 Å². The predicted octanol–water partition coefficient (Wildman–Crippen LogP) is -0.195. The number of hydrogen-bond donors (Lipinski definition) is 2. The van der Waals surface area contributed by atoms with E-state index in [1.807, 2.05) is 13.8 Å². The second kappa shape index (κ2) is 5.44. The van der Waals surface area contributed by atoms with E-state index in [2.05, 4.69) is 0 Å². The molecule has 0 aromatic carbocycles. The van der Waals surface area contributed by atoms with Crippen LogP contribution in [0.3, 0.4) is 0 Å². The lowest BCUT2D eigenvalue weighted by molar-refractivity contribution is -0.168. The first-order chi connectivity index (χ1) is 7.02. The standard InChI is InChI=1S/C10H19NO4/c1-6-3-8(4-7(2)14-6)15-10(13)9(12)5-11/h6-9,12H,3-5,11H2,1-2H3/t6?,7?,8?,9-/m0/s1. The zero-order valence-electron chi connectivity index (χ0n) is 9.18. The lowest BCUT2D eigenvalue weighted by atomic mass is 10.0. The molecule has 0 radical (unpaired) electrons. The smallest absolute Gasteiger partial charge is 0.336 e. The number of hydrogen-bond acceptors (Lipinski definition) is 5. The molecule has 1 rings (SSSR count). The van der Waals surface area contributed by atoms with Gasteiger partial charge in [0.1, 0.15) is 6.10 Å². The molecule has 1 heterocycles. The van der Waals surface area contributed by atoms with Crippen LogP contribution < -0.4 is 5.73 Å². The fourth-order valence-electron chi connectivity index (χ4n) is 1.78. The Kier molecular flexibility index (Phi) is 4.50. The number of nitrogens with two attached hydrogens (primary N) is 1. The average molecular weight is 217 g/mol. The summed E-state index contributed by atoms with van der Waals surface area (Å²) in [5.74, 6) is -0.635. The van der Waals surface area contributed by atoms with Gasteiger partial charge in [-0.1, -0.05) is 0 Å². The molecule has 5 heteroatoms. The third-order valence-corrected chi connectivity index (χ3v) is 2.43. The molecule has 2 unspecified atom stereocenters. The average Bonchev–Trinajstić information content (AvgIpc) is 2.14. The Hall–Kier alpha value is -0.650. The summed E-state index contributed by atoms with van der Waals surface area (Å²) in [6.07, 6.45) is 0.139. The van der Waals surface area contributed by atoms with Gasteiger partial charge in [-0.25, -0.2) is 4.79 Å². The highest BCUT2D eigenvalue weighted by Crippen LogP contribution is 2.21. The first kappa shape index (κ1) is 12.4. The van der Waals surface area contributed by atoms with E-state index in [9.17, 15) is 4.79 Å². The molecular formula is C10H19NO4. The zero-order valence-corrected chi connectivity index (χ0v) is 9.18. The van der Waals surface area contributed by atoms with Crippen molar-refractivity contribution in [3.63, 3.8) is 0 Å². The second-order valence-corrected chi connectivity index (χ2v) is 4.04. The Balaban J connectivity index is 2.40. The molecule has 0 amide bonds. The van der Waals surface area contributed by atoms with Gasteiger partial charge >= 0.3 is 5.97 Å². The van der Waals surface area contributed by atoms with Gasteiger partial charge in [0, 0.05) is 19.4 Å². The molecule has 1 aliphatic rings. The summed E-state index contributed by atoms with van der Waals surface area (Å²) in [7, 11) is 0. The van der Waals surface area contributed by atoms with Crippen molar-refractivity contribution in [1.29, 1.82) is 0 Å². The Morgan fingerprint density at radius 2 is 2.07 bits per heavy atom. The number of aliphatic hydroxyl groups is 1. The van der Waals surface area contributed by atoms with Crippen LogP contribution >= 0.6 is 0 Å². The van der Waals surface area contributed by atoms with Gasteiger partial charge in [-0.05, 0) is 13.8 Å². The van der Waals surface area contributed by atoms with Crippen LogP contribution in [0.4, 0.5) is 0 Å². The van der Waals surface area contributed by atoms with Crippen LogP contribution in [0, 0.1) is 0 Å². The van der Waals surface area contributed by atoms with E-state index in [1.54, 1.807) is 0 Å². The van der Waals surface area contributed by atoms with Crippen LogP contribution in [0.2, 0.25) is 0 Å². The number of carbonyl (C=O) groups excluding carboxylic acids is 1. The van der Waals surface area contributed by atoms with Gasteiger partial charge in [0.2, 0.25) is 0 Å². The van der Waals surface area contributed by atoms with Crippen molar-refractivity contribution in [2.24, 2.45) is 5.73 Å². The third kappa shape index (κ3) is 3.77. The van der Waals surface area contributed by atoms with E-state index in [-0.39, 0.29) is 24.9 Å². The molecule has 3 N–H and O–H groups in total. The first-order valence-electron chi connectivity index (χ1n) is 5.27. The van der Waals surface area contributed by atoms with Gasteiger partial charge < -0.3 is 20.3 Å². The Labute approximate surface area is 89.5 Å². The number of carbonyl (C=O) groups is 1. The Morgan fingerprint density at radius 3 is 2.53 bits per heavy atom. The molecule has 15 heavy (non-hydrogen) atoms. The molecule has 0 bridgehead atoms. The van der Waals surface area contributed by atoms with Crippen molar-refractivity contribution in [3.05, 3.63) is 0 Å². The van der Waals surface area contributed by atoms with Crippen LogP contribution in [-0.2, 0) is 14.3 Å². The molecule has 1 aliphatic heterocycles. The summed E-state index contributed by atoms with van der Waals surface area (Å²) in [4.78, 5) is 11.3. The minimum absolute atomic E-state index is 0.0848. The minimum atomic E-state index is -1.21. The van der Waals surface area contributed by atoms with Crippen LogP contribution in [0.5, 0.6) is 0 Å². The molecule has 0 aromatic rings. The zero-order chi connectivity index (χ0) is 11.4. The molecule has 5 nitrogen and oxygen atoms in total. The highest BCUT2D eigenvalue weighted by atomic mass is 16.6. The summed E-state index contributed by atoms with van der Waals surface area (Å²) in [5, 5.41) is 9.16. The molecular weight excluding hydrogens is 198 g/mol. The Bertz CT molecular complexity index is 211. The highest BCUT2D eigenvalue weighted by Gasteiger charge is 2.28. The first-order valence-corrected chi connectivity index (χ1v) is 5.27. The van der Waals surface area contributed by atoms with Crippen molar-refractivity contribution in [3.8, 4) is 0 Å². The van der Waals surface area contributed by atoms with E-state index in [0.29, 0.717) is 12.8 Å². The van der Waals surface area contributed by atoms with Gasteiger partial charge in [0.15, 0.2) is 6.10 Å². The van der Waals surface area contributed by atoms with E-state index >= 15 is 0 Å². The van der Waals surface area contributed by atoms with Crippen molar-refractivity contribution in [2.75, 3.05) is 6.54 Å². The normalized spacial score (nSPS) is 33.5. The van der Waals surface area contributed by atoms with Crippen LogP contribution in [0.15, 0.2) is 0 Å². The molecule has 88 valence electrons. The van der Waals surface area contributed by atoms with E-state index < -0.39 is 12.1 Å². The van der Waals surface area contributed by atoms with Gasteiger partial charge in [-0.2, -0.15) is 0 Å². The van der Waals surface area contributed by atoms with Gasteiger partial charge in [-0.15, -0.1) is 0 Å². The maximum atomic E-state index is 11.3. The van der Waals surface area contributed by atoms with Crippen LogP contribution in [-0.4, -0.2) is 42.0 Å². The largest absolute Gasteiger partial charge is 0.460 e. The van der Waals surface area contributed by atoms with Crippen molar-refractivity contribution in [2.45, 2.75) is 51.1 Å². The van der Waals surface area contributed by atoms with E-state index in [1.165, 1.54) is 0 Å². The number of ether oxygens (including phenoxy) is 2. The fourth-order valence-corrected chi connectivity index (χ4v) is 1.78. The second-order valence-electron chi connectivity index (χ2n) is 4.04. The summed E-state index contributed by atoms with van der Waals surface area (Å²) in [6.45, 7) is 3.78. The summed E-state index contributed by atoms with van der Waals surface area (Å²) < 4.78 is 10.6. The maximum absolute atomic E-state index is 11.3. The lowest BCUT2D eigenvalue weighted by Gasteiger charge is -2.31. The monoisotopic (exact) mass is 217 g/mol. The molecule has 0 spiro atoms. The molecule has 3 atom stereocenters. The molecule has 1 fully saturated rings. The number of rotatable bonds is 3. The quantitative estimate of drug-likeness (QED) is 0.640. The van der Waals surface area contributed by atoms with E-state index in [0.717, 1.165) is 0 Å². The predicted molar refractivity (Wildman–Crippen MR) is 54.2 cm³/mol. The van der Waals surface area contributed by atoms with Crippen LogP contribution in [0.1, 0.15) is 26.7 Å². The van der Waals surface area contributed by atoms with Crippen LogP contribution in [0.25, 0.3) is 0 Å². The van der Waals surface area contributed by atoms with Gasteiger partial charge in [0.05, 0.1) is 12.2 Å². The fraction of sp³-hybridized carbons (Fsp3) is 0.900. The third-order valence-electron chi connectivity index (χ3n) is 2.43. The molecule has 0 aliphatic carbocycles. The van der Waals surface area contributed by atoms with Crippen molar-refractivity contribution >= 4 is 5.97 Å². The minimum Gasteiger partial charge on any atom is -0.460 e. The molecule has 1 saturated heterocycles. The lowest BCUT2D eigenvalue weighted by Crippen LogP contribution is -2.39. The number of esters is 1. The molecule has 0 saturated carbocycles. The number of aliphatic hydroxyl groups excluding tert-OH is 1. The highest BCUT2D eigenvalue weighted by molar-refractivity contribution is 5.74. The van der Waals surface area contributed by atoms with E-state index in [4.69, 9.17) is 20.3 Å². The topological polar surface area (TPSA) is 81.8 Å².